The third-order valence-electron chi connectivity index (χ3n) is 3.18. The fraction of sp³-hybridized carbons (Fsp3) is 1.00. The Hall–Kier alpha value is 0.571. The molecule has 0 spiro atoms. The summed E-state index contributed by atoms with van der Waals surface area (Å²) in [6, 6.07) is 0. The molecule has 0 aliphatic carbocycles. The van der Waals surface area contributed by atoms with Crippen molar-refractivity contribution in [2.24, 2.45) is 0 Å². The number of rotatable bonds is 8. The van der Waals surface area contributed by atoms with Gasteiger partial charge in [-0.25, -0.2) is 0 Å². The van der Waals surface area contributed by atoms with E-state index in [4.69, 9.17) is 8.85 Å². The van der Waals surface area contributed by atoms with Crippen LogP contribution in [0.4, 0.5) is 0 Å². The minimum absolute atomic E-state index is 0.385. The normalized spacial score (nSPS) is 16.6. The van der Waals surface area contributed by atoms with Crippen molar-refractivity contribution in [2.45, 2.75) is 77.4 Å². The van der Waals surface area contributed by atoms with Gasteiger partial charge in [-0.2, -0.15) is 0 Å². The zero-order valence-corrected chi connectivity index (χ0v) is 16.3. The van der Waals surface area contributed by atoms with E-state index in [-0.39, 0.29) is 0 Å². The minimum atomic E-state index is -1.70. The summed E-state index contributed by atoms with van der Waals surface area (Å²) in [6.45, 7) is 18.4. The zero-order chi connectivity index (χ0) is 13.6. The SMILES string of the molecule is CCC(O[Si](C)(C)C(CC)O[SiH](C)C)[SiH](C)C. The van der Waals surface area contributed by atoms with Crippen LogP contribution in [-0.2, 0) is 8.85 Å². The van der Waals surface area contributed by atoms with E-state index in [1.54, 1.807) is 0 Å². The molecule has 0 radical (unpaired) electrons. The van der Waals surface area contributed by atoms with Gasteiger partial charge in [0.05, 0.1) is 14.5 Å². The van der Waals surface area contributed by atoms with Gasteiger partial charge in [0, 0.05) is 5.73 Å². The largest absolute Gasteiger partial charge is 0.418 e. The summed E-state index contributed by atoms with van der Waals surface area (Å²) in [4.78, 5) is 0. The van der Waals surface area contributed by atoms with Crippen LogP contribution in [0.1, 0.15) is 26.7 Å². The summed E-state index contributed by atoms with van der Waals surface area (Å²) in [5.74, 6) is 0. The van der Waals surface area contributed by atoms with E-state index in [1.165, 1.54) is 0 Å². The molecule has 0 aliphatic heterocycles. The Balaban J connectivity index is 4.60. The molecule has 0 bridgehead atoms. The van der Waals surface area contributed by atoms with Crippen molar-refractivity contribution < 1.29 is 8.85 Å². The Bertz CT molecular complexity index is 208. The predicted octanol–water partition coefficient (Wildman–Crippen LogP) is 3.33. The Labute approximate surface area is 113 Å². The van der Waals surface area contributed by atoms with Crippen LogP contribution in [0.25, 0.3) is 0 Å². The van der Waals surface area contributed by atoms with Gasteiger partial charge < -0.3 is 8.85 Å². The van der Waals surface area contributed by atoms with Gasteiger partial charge in [-0.15, -0.1) is 0 Å². The van der Waals surface area contributed by atoms with Crippen molar-refractivity contribution in [3.8, 4) is 0 Å². The van der Waals surface area contributed by atoms with E-state index in [0.717, 1.165) is 12.8 Å². The standard InChI is InChI=1S/C12H32O2Si3/c1-9-11(15(3)4)14-17(7,8)12(10-2)13-16(5)6/h11-12,15-16H,9-10H2,1-8H3. The molecule has 0 saturated carbocycles. The Kier molecular flexibility index (Phi) is 8.15. The lowest BCUT2D eigenvalue weighted by molar-refractivity contribution is 0.191. The van der Waals surface area contributed by atoms with Gasteiger partial charge >= 0.3 is 0 Å². The first kappa shape index (κ1) is 17.6. The Morgan fingerprint density at radius 3 is 1.82 bits per heavy atom. The average molecular weight is 293 g/mol. The molecule has 104 valence electrons. The fourth-order valence-corrected chi connectivity index (χ4v) is 10.4. The molecule has 0 aliphatic rings. The number of hydrogen-bond donors (Lipinski definition) is 0. The maximum atomic E-state index is 6.50. The molecule has 5 heteroatoms. The second-order valence-electron chi connectivity index (χ2n) is 5.99. The lowest BCUT2D eigenvalue weighted by Crippen LogP contribution is -2.51. The molecule has 17 heavy (non-hydrogen) atoms. The van der Waals surface area contributed by atoms with E-state index in [1.807, 2.05) is 0 Å². The molecule has 0 rings (SSSR count). The third-order valence-corrected chi connectivity index (χ3v) is 9.70. The van der Waals surface area contributed by atoms with E-state index < -0.39 is 26.2 Å². The quantitative estimate of drug-likeness (QED) is 0.639. The monoisotopic (exact) mass is 292 g/mol. The van der Waals surface area contributed by atoms with Crippen LogP contribution in [0.15, 0.2) is 0 Å². The first-order valence-corrected chi connectivity index (χ1v) is 15.8. The van der Waals surface area contributed by atoms with Crippen molar-refractivity contribution in [3.63, 3.8) is 0 Å². The van der Waals surface area contributed by atoms with Gasteiger partial charge in [0.2, 0.25) is 8.32 Å². The summed E-state index contributed by atoms with van der Waals surface area (Å²) in [7, 11) is -3.36. The maximum absolute atomic E-state index is 6.50. The third kappa shape index (κ3) is 6.33. The molecule has 0 fully saturated rings. The molecule has 2 unspecified atom stereocenters. The molecular formula is C12H32O2Si3. The first-order chi connectivity index (χ1) is 7.74. The molecule has 0 amide bonds. The lowest BCUT2D eigenvalue weighted by Gasteiger charge is -2.37. The molecule has 0 aromatic heterocycles. The van der Waals surface area contributed by atoms with Crippen LogP contribution in [0.2, 0.25) is 39.3 Å². The van der Waals surface area contributed by atoms with Crippen LogP contribution in [0.3, 0.4) is 0 Å². The highest BCUT2D eigenvalue weighted by Crippen LogP contribution is 2.21. The van der Waals surface area contributed by atoms with Crippen LogP contribution < -0.4 is 0 Å². The lowest BCUT2D eigenvalue weighted by atomic mass is 10.5. The highest BCUT2D eigenvalue weighted by molar-refractivity contribution is 6.74. The molecule has 0 aromatic carbocycles. The second-order valence-corrected chi connectivity index (χ2v) is 15.7. The zero-order valence-electron chi connectivity index (χ0n) is 13.0. The van der Waals surface area contributed by atoms with E-state index in [9.17, 15) is 0 Å². The molecule has 0 heterocycles. The van der Waals surface area contributed by atoms with Crippen LogP contribution in [-0.4, -0.2) is 37.6 Å². The van der Waals surface area contributed by atoms with Crippen molar-refractivity contribution in [1.29, 1.82) is 0 Å². The summed E-state index contributed by atoms with van der Waals surface area (Å²) >= 11 is 0. The second kappa shape index (κ2) is 7.89. The van der Waals surface area contributed by atoms with Gasteiger partial charge in [-0.05, 0) is 39.0 Å². The smallest absolute Gasteiger partial charge is 0.213 e. The van der Waals surface area contributed by atoms with Crippen molar-refractivity contribution in [2.75, 3.05) is 0 Å². The summed E-state index contributed by atoms with van der Waals surface area (Å²) < 4.78 is 12.7. The fourth-order valence-electron chi connectivity index (χ4n) is 2.24. The molecule has 0 aromatic rings. The van der Waals surface area contributed by atoms with Gasteiger partial charge in [-0.1, -0.05) is 26.9 Å². The average Bonchev–Trinajstić information content (AvgIpc) is 2.21. The van der Waals surface area contributed by atoms with E-state index in [0.29, 0.717) is 11.5 Å². The van der Waals surface area contributed by atoms with Gasteiger partial charge in [-0.3, -0.25) is 0 Å². The van der Waals surface area contributed by atoms with Gasteiger partial charge in [0.1, 0.15) is 0 Å². The van der Waals surface area contributed by atoms with E-state index in [2.05, 4.69) is 53.1 Å². The first-order valence-electron chi connectivity index (χ1n) is 7.07. The van der Waals surface area contributed by atoms with Crippen LogP contribution in [0, 0.1) is 0 Å². The van der Waals surface area contributed by atoms with E-state index >= 15 is 0 Å². The van der Waals surface area contributed by atoms with Crippen molar-refractivity contribution in [1.82, 2.24) is 0 Å². The molecular weight excluding hydrogens is 260 g/mol. The molecule has 0 N–H and O–H groups in total. The molecule has 2 nitrogen and oxygen atoms in total. The highest BCUT2D eigenvalue weighted by Gasteiger charge is 2.36. The molecule has 2 atom stereocenters. The summed E-state index contributed by atoms with van der Waals surface area (Å²) in [5.41, 5.74) is 0.916. The highest BCUT2D eigenvalue weighted by atomic mass is 28.4. The van der Waals surface area contributed by atoms with Crippen molar-refractivity contribution >= 4 is 26.2 Å². The predicted molar refractivity (Wildman–Crippen MR) is 85.6 cm³/mol. The van der Waals surface area contributed by atoms with Crippen molar-refractivity contribution in [3.05, 3.63) is 0 Å². The number of hydrogen-bond acceptors (Lipinski definition) is 2. The topological polar surface area (TPSA) is 18.5 Å². The van der Waals surface area contributed by atoms with Crippen LogP contribution >= 0.6 is 0 Å². The van der Waals surface area contributed by atoms with Gasteiger partial charge in [0.25, 0.3) is 0 Å². The Morgan fingerprint density at radius 1 is 1.00 bits per heavy atom. The van der Waals surface area contributed by atoms with Gasteiger partial charge in [0.15, 0.2) is 9.04 Å². The summed E-state index contributed by atoms with van der Waals surface area (Å²) in [6.07, 6.45) is 2.26. The Morgan fingerprint density at radius 2 is 1.53 bits per heavy atom. The molecule has 0 saturated heterocycles. The van der Waals surface area contributed by atoms with Crippen LogP contribution in [0.5, 0.6) is 0 Å². The summed E-state index contributed by atoms with van der Waals surface area (Å²) in [5, 5.41) is 0. The maximum Gasteiger partial charge on any atom is 0.213 e. The minimum Gasteiger partial charge on any atom is -0.418 e.